The number of imide groups is 1. The molecular formula is C16H18N2O2. The number of benzene rings is 1. The minimum absolute atomic E-state index is 0.159. The molecule has 1 heterocycles. The van der Waals surface area contributed by atoms with Gasteiger partial charge in [-0.3, -0.25) is 14.5 Å². The van der Waals surface area contributed by atoms with Gasteiger partial charge in [0.15, 0.2) is 0 Å². The van der Waals surface area contributed by atoms with Crippen LogP contribution in [0.15, 0.2) is 30.3 Å². The first-order valence-corrected chi connectivity index (χ1v) is 6.92. The Balaban J connectivity index is 2.38. The first-order chi connectivity index (χ1) is 9.59. The highest BCUT2D eigenvalue weighted by atomic mass is 16.2. The van der Waals surface area contributed by atoms with Gasteiger partial charge in [-0.15, -0.1) is 0 Å². The van der Waals surface area contributed by atoms with Gasteiger partial charge in [0.1, 0.15) is 5.54 Å². The quantitative estimate of drug-likeness (QED) is 0.790. The fourth-order valence-electron chi connectivity index (χ4n) is 2.80. The van der Waals surface area contributed by atoms with E-state index in [1.165, 1.54) is 4.90 Å². The lowest BCUT2D eigenvalue weighted by Gasteiger charge is -2.33. The van der Waals surface area contributed by atoms with E-state index >= 15 is 0 Å². The van der Waals surface area contributed by atoms with E-state index in [1.54, 1.807) is 0 Å². The van der Waals surface area contributed by atoms with Gasteiger partial charge in [-0.05, 0) is 18.4 Å². The van der Waals surface area contributed by atoms with Crippen molar-refractivity contribution in [2.75, 3.05) is 0 Å². The molecule has 0 aliphatic carbocycles. The number of carbonyl (C=O) groups is 2. The minimum Gasteiger partial charge on any atom is -0.274 e. The molecule has 104 valence electrons. The molecule has 1 saturated heterocycles. The van der Waals surface area contributed by atoms with Crippen molar-refractivity contribution in [3.8, 4) is 6.07 Å². The van der Waals surface area contributed by atoms with Crippen LogP contribution in [-0.4, -0.2) is 22.3 Å². The zero-order chi connectivity index (χ0) is 14.8. The molecule has 2 amide bonds. The minimum atomic E-state index is -1.00. The van der Waals surface area contributed by atoms with Crippen LogP contribution in [0.4, 0.5) is 0 Å². The van der Waals surface area contributed by atoms with Gasteiger partial charge in [0, 0.05) is 6.42 Å². The summed E-state index contributed by atoms with van der Waals surface area (Å²) in [6, 6.07) is 11.5. The summed E-state index contributed by atoms with van der Waals surface area (Å²) < 4.78 is 0. The zero-order valence-electron chi connectivity index (χ0n) is 11.8. The van der Waals surface area contributed by atoms with E-state index in [9.17, 15) is 14.9 Å². The highest BCUT2D eigenvalue weighted by molar-refractivity contribution is 6.07. The normalized spacial score (nSPS) is 19.2. The number of hydrogen-bond donors (Lipinski definition) is 0. The number of carbonyl (C=O) groups excluding carboxylic acids is 2. The molecule has 1 aromatic rings. The maximum Gasteiger partial charge on any atom is 0.238 e. The lowest BCUT2D eigenvalue weighted by atomic mass is 9.92. The fraction of sp³-hybridized carbons (Fsp3) is 0.438. The highest BCUT2D eigenvalue weighted by Crippen LogP contribution is 2.36. The second kappa shape index (κ2) is 5.46. The van der Waals surface area contributed by atoms with E-state index in [1.807, 2.05) is 44.2 Å². The molecule has 0 radical (unpaired) electrons. The van der Waals surface area contributed by atoms with Crippen LogP contribution in [0.2, 0.25) is 0 Å². The molecule has 0 bridgehead atoms. The Morgan fingerprint density at radius 2 is 1.85 bits per heavy atom. The van der Waals surface area contributed by atoms with E-state index in [0.29, 0.717) is 12.8 Å². The Labute approximate surface area is 119 Å². The van der Waals surface area contributed by atoms with E-state index < -0.39 is 11.5 Å². The lowest BCUT2D eigenvalue weighted by molar-refractivity contribution is -0.144. The monoisotopic (exact) mass is 270 g/mol. The van der Waals surface area contributed by atoms with Crippen molar-refractivity contribution in [2.24, 2.45) is 0 Å². The van der Waals surface area contributed by atoms with Crippen LogP contribution < -0.4 is 0 Å². The summed E-state index contributed by atoms with van der Waals surface area (Å²) in [4.78, 5) is 26.0. The van der Waals surface area contributed by atoms with E-state index in [2.05, 4.69) is 6.07 Å². The Morgan fingerprint density at radius 3 is 2.35 bits per heavy atom. The molecule has 4 nitrogen and oxygen atoms in total. The van der Waals surface area contributed by atoms with E-state index in [4.69, 9.17) is 0 Å². The molecule has 1 aliphatic rings. The van der Waals surface area contributed by atoms with Gasteiger partial charge >= 0.3 is 0 Å². The van der Waals surface area contributed by atoms with Crippen LogP contribution in [0.5, 0.6) is 0 Å². The number of nitrogens with zero attached hydrogens (tertiary/aromatic N) is 2. The summed E-state index contributed by atoms with van der Waals surface area (Å²) in [5, 5.41) is 9.43. The Bertz CT molecular complexity index is 556. The number of amides is 2. The second-order valence-corrected chi connectivity index (χ2v) is 5.09. The molecule has 4 heteroatoms. The Kier molecular flexibility index (Phi) is 3.89. The van der Waals surface area contributed by atoms with E-state index in [0.717, 1.165) is 5.56 Å². The lowest BCUT2D eigenvalue weighted by Crippen LogP contribution is -2.50. The molecule has 0 aromatic heterocycles. The van der Waals surface area contributed by atoms with Crippen molar-refractivity contribution >= 4 is 11.8 Å². The average Bonchev–Trinajstić information content (AvgIpc) is 2.79. The van der Waals surface area contributed by atoms with Crippen molar-refractivity contribution in [2.45, 2.75) is 44.6 Å². The molecular weight excluding hydrogens is 252 g/mol. The van der Waals surface area contributed by atoms with E-state index in [-0.39, 0.29) is 18.2 Å². The zero-order valence-corrected chi connectivity index (χ0v) is 11.8. The molecule has 1 fully saturated rings. The summed E-state index contributed by atoms with van der Waals surface area (Å²) >= 11 is 0. The summed E-state index contributed by atoms with van der Waals surface area (Å²) in [5.41, 5.74) is -0.162. The molecule has 1 aromatic carbocycles. The summed E-state index contributed by atoms with van der Waals surface area (Å²) in [7, 11) is 0. The molecule has 0 saturated carbocycles. The summed E-state index contributed by atoms with van der Waals surface area (Å²) in [6.45, 7) is 3.67. The largest absolute Gasteiger partial charge is 0.274 e. The third-order valence-corrected chi connectivity index (χ3v) is 4.15. The third kappa shape index (κ3) is 2.09. The topological polar surface area (TPSA) is 61.2 Å². The van der Waals surface area contributed by atoms with Gasteiger partial charge in [-0.25, -0.2) is 0 Å². The molecule has 1 aliphatic heterocycles. The van der Waals surface area contributed by atoms with Crippen LogP contribution in [0.25, 0.3) is 0 Å². The van der Waals surface area contributed by atoms with Crippen molar-refractivity contribution in [3.05, 3.63) is 35.9 Å². The van der Waals surface area contributed by atoms with Gasteiger partial charge in [-0.2, -0.15) is 5.26 Å². The number of hydrogen-bond acceptors (Lipinski definition) is 3. The fourth-order valence-corrected chi connectivity index (χ4v) is 2.80. The first-order valence-electron chi connectivity index (χ1n) is 6.92. The smallest absolute Gasteiger partial charge is 0.238 e. The number of nitriles is 1. The molecule has 1 unspecified atom stereocenters. The van der Waals surface area contributed by atoms with Gasteiger partial charge in [-0.1, -0.05) is 44.2 Å². The molecule has 0 N–H and O–H groups in total. The molecule has 20 heavy (non-hydrogen) atoms. The Morgan fingerprint density at radius 1 is 1.25 bits per heavy atom. The van der Waals surface area contributed by atoms with Crippen molar-refractivity contribution < 1.29 is 9.59 Å². The first kappa shape index (κ1) is 14.3. The van der Waals surface area contributed by atoms with Crippen LogP contribution in [0.3, 0.4) is 0 Å². The predicted octanol–water partition coefficient (Wildman–Crippen LogP) is 2.61. The van der Waals surface area contributed by atoms with Crippen LogP contribution in [0, 0.1) is 11.3 Å². The SMILES string of the molecule is CCC(C#N)(CC)N1C(=O)CC(c2ccccc2)C1=O. The van der Waals surface area contributed by atoms with Gasteiger partial charge in [0.25, 0.3) is 0 Å². The van der Waals surface area contributed by atoms with Crippen molar-refractivity contribution in [3.63, 3.8) is 0 Å². The van der Waals surface area contributed by atoms with Crippen LogP contribution >= 0.6 is 0 Å². The summed E-state index contributed by atoms with van der Waals surface area (Å²) in [5.74, 6) is -0.935. The van der Waals surface area contributed by atoms with Gasteiger partial charge in [0.2, 0.25) is 11.8 Å². The Hall–Kier alpha value is -2.15. The number of rotatable bonds is 4. The van der Waals surface area contributed by atoms with Crippen molar-refractivity contribution in [1.82, 2.24) is 4.90 Å². The predicted molar refractivity (Wildman–Crippen MR) is 74.6 cm³/mol. The second-order valence-electron chi connectivity index (χ2n) is 5.09. The van der Waals surface area contributed by atoms with Gasteiger partial charge in [0.05, 0.1) is 12.0 Å². The highest BCUT2D eigenvalue weighted by Gasteiger charge is 2.49. The standard InChI is InChI=1S/C16H18N2O2/c1-3-16(4-2,11-17)18-14(19)10-13(15(18)20)12-8-6-5-7-9-12/h5-9,13H,3-4,10H2,1-2H3. The molecule has 2 rings (SSSR count). The van der Waals surface area contributed by atoms with Gasteiger partial charge < -0.3 is 0 Å². The van der Waals surface area contributed by atoms with Crippen molar-refractivity contribution in [1.29, 1.82) is 5.26 Å². The average molecular weight is 270 g/mol. The van der Waals surface area contributed by atoms with Crippen LogP contribution in [-0.2, 0) is 9.59 Å². The number of likely N-dealkylation sites (tertiary alicyclic amines) is 1. The molecule has 1 atom stereocenters. The third-order valence-electron chi connectivity index (χ3n) is 4.15. The maximum atomic E-state index is 12.6. The maximum absolute atomic E-state index is 12.6. The molecule has 0 spiro atoms. The summed E-state index contributed by atoms with van der Waals surface area (Å²) in [6.07, 6.45) is 1.07. The van der Waals surface area contributed by atoms with Crippen LogP contribution in [0.1, 0.15) is 44.6 Å².